The Labute approximate surface area is 190 Å². The van der Waals surface area contributed by atoms with Crippen LogP contribution in [0.25, 0.3) is 11.3 Å². The van der Waals surface area contributed by atoms with Crippen LogP contribution >= 0.6 is 0 Å². The quantitative estimate of drug-likeness (QED) is 0.543. The molecule has 1 N–H and O–H groups in total. The third-order valence-electron chi connectivity index (χ3n) is 5.30. The first kappa shape index (κ1) is 22.7. The number of aromatic nitrogens is 4. The lowest BCUT2D eigenvalue weighted by Crippen LogP contribution is -2.36. The summed E-state index contributed by atoms with van der Waals surface area (Å²) in [6.07, 6.45) is 6.22. The first-order valence-corrected chi connectivity index (χ1v) is 10.5. The molecule has 0 amide bonds. The molecule has 0 unspecified atom stereocenters. The van der Waals surface area contributed by atoms with E-state index >= 15 is 0 Å². The maximum Gasteiger partial charge on any atom is 0.286 e. The second-order valence-electron chi connectivity index (χ2n) is 7.81. The first-order chi connectivity index (χ1) is 15.8. The van der Waals surface area contributed by atoms with Gasteiger partial charge in [-0.05, 0) is 25.1 Å². The normalized spacial score (nSPS) is 14.2. The Morgan fingerprint density at radius 3 is 2.73 bits per heavy atom. The number of ketones is 1. The van der Waals surface area contributed by atoms with E-state index < -0.39 is 11.6 Å². The number of nitrogens with one attached hydrogen (secondary N) is 1. The van der Waals surface area contributed by atoms with Crippen LogP contribution < -0.4 is 10.2 Å². The van der Waals surface area contributed by atoms with Crippen LogP contribution in [0.15, 0.2) is 43.0 Å². The number of carbonyl (C=O) groups excluding carboxylic acids is 1. The molecule has 4 rings (SSSR count). The van der Waals surface area contributed by atoms with Gasteiger partial charge in [-0.25, -0.2) is 4.98 Å². The molecule has 8 nitrogen and oxygen atoms in total. The van der Waals surface area contributed by atoms with Gasteiger partial charge in [0.15, 0.2) is 5.78 Å². The lowest BCUT2D eigenvalue weighted by Gasteiger charge is -2.27. The number of Topliss-reactive ketones (excluding diaryl/α,β-unsaturated/α-hetero) is 1. The van der Waals surface area contributed by atoms with E-state index in [9.17, 15) is 13.6 Å². The Bertz CT molecular complexity index is 1150. The summed E-state index contributed by atoms with van der Waals surface area (Å²) in [5.41, 5.74) is 2.56. The van der Waals surface area contributed by atoms with Crippen molar-refractivity contribution in [1.29, 1.82) is 0 Å². The predicted molar refractivity (Wildman–Crippen MR) is 120 cm³/mol. The van der Waals surface area contributed by atoms with Crippen molar-refractivity contribution in [3.05, 3.63) is 59.9 Å². The molecule has 172 valence electrons. The van der Waals surface area contributed by atoms with Crippen LogP contribution in [0.2, 0.25) is 0 Å². The molecule has 1 aliphatic heterocycles. The molecule has 0 aliphatic carbocycles. The van der Waals surface area contributed by atoms with E-state index in [1.165, 1.54) is 12.3 Å². The van der Waals surface area contributed by atoms with Crippen LogP contribution in [0.5, 0.6) is 0 Å². The molecule has 0 aromatic carbocycles. The molecule has 0 atom stereocenters. The highest BCUT2D eigenvalue weighted by atomic mass is 19.3. The Kier molecular flexibility index (Phi) is 6.55. The van der Waals surface area contributed by atoms with Gasteiger partial charge in [0.25, 0.3) is 5.92 Å². The third kappa shape index (κ3) is 5.46. The minimum Gasteiger partial charge on any atom is -0.378 e. The van der Waals surface area contributed by atoms with E-state index in [2.05, 4.69) is 25.2 Å². The highest BCUT2D eigenvalue weighted by Gasteiger charge is 2.26. The summed E-state index contributed by atoms with van der Waals surface area (Å²) in [6, 6.07) is 4.39. The molecule has 3 aromatic heterocycles. The lowest BCUT2D eigenvalue weighted by atomic mass is 10.1. The molecule has 0 saturated carbocycles. The number of aryl methyl sites for hydroxylation is 1. The average Bonchev–Trinajstić information content (AvgIpc) is 2.83. The molecule has 0 spiro atoms. The number of nitrogens with zero attached hydrogens (tertiary/aromatic N) is 5. The summed E-state index contributed by atoms with van der Waals surface area (Å²) >= 11 is 0. The molecule has 4 heterocycles. The topological polar surface area (TPSA) is 93.1 Å². The van der Waals surface area contributed by atoms with E-state index in [1.54, 1.807) is 18.6 Å². The molecule has 3 aromatic rings. The summed E-state index contributed by atoms with van der Waals surface area (Å²) in [6.45, 7) is 5.33. The summed E-state index contributed by atoms with van der Waals surface area (Å²) in [5.74, 6) is -2.68. The fraction of sp³-hybridized carbons (Fsp3) is 0.348. The molecule has 1 fully saturated rings. The van der Waals surface area contributed by atoms with E-state index in [4.69, 9.17) is 9.72 Å². The fourth-order valence-electron chi connectivity index (χ4n) is 3.45. The van der Waals surface area contributed by atoms with Crippen molar-refractivity contribution in [2.24, 2.45) is 0 Å². The number of ether oxygens (including phenoxy) is 1. The molecular weight excluding hydrogens is 430 g/mol. The number of carbonyl (C=O) groups is 1. The summed E-state index contributed by atoms with van der Waals surface area (Å²) < 4.78 is 32.4. The Hall–Kier alpha value is -3.53. The zero-order chi connectivity index (χ0) is 23.4. The number of hydrogen-bond donors (Lipinski definition) is 1. The number of morpholine rings is 1. The molecular formula is C23H24F2N6O2. The molecule has 1 saturated heterocycles. The van der Waals surface area contributed by atoms with Crippen LogP contribution in [0.1, 0.15) is 28.7 Å². The van der Waals surface area contributed by atoms with Crippen molar-refractivity contribution in [3.8, 4) is 11.3 Å². The van der Waals surface area contributed by atoms with Gasteiger partial charge in [0.1, 0.15) is 11.5 Å². The minimum absolute atomic E-state index is 0.0809. The van der Waals surface area contributed by atoms with Gasteiger partial charge in [-0.1, -0.05) is 0 Å². The van der Waals surface area contributed by atoms with Crippen LogP contribution in [0, 0.1) is 6.92 Å². The molecule has 10 heteroatoms. The minimum atomic E-state index is -3.11. The van der Waals surface area contributed by atoms with E-state index in [0.29, 0.717) is 24.6 Å². The van der Waals surface area contributed by atoms with Gasteiger partial charge in [0.2, 0.25) is 0 Å². The molecule has 0 radical (unpaired) electrons. The van der Waals surface area contributed by atoms with Gasteiger partial charge in [0.05, 0.1) is 49.7 Å². The van der Waals surface area contributed by atoms with Gasteiger partial charge < -0.3 is 15.0 Å². The van der Waals surface area contributed by atoms with Crippen LogP contribution in [-0.2, 0) is 10.7 Å². The zero-order valence-corrected chi connectivity index (χ0v) is 18.4. The smallest absolute Gasteiger partial charge is 0.286 e. The maximum absolute atomic E-state index is 13.5. The Morgan fingerprint density at radius 1 is 1.18 bits per heavy atom. The van der Waals surface area contributed by atoms with E-state index in [-0.39, 0.29) is 17.9 Å². The molecule has 1 aliphatic rings. The number of anilines is 2. The number of pyridine rings is 2. The van der Waals surface area contributed by atoms with Gasteiger partial charge in [-0.2, -0.15) is 8.78 Å². The zero-order valence-electron chi connectivity index (χ0n) is 18.4. The van der Waals surface area contributed by atoms with Crippen molar-refractivity contribution < 1.29 is 18.3 Å². The standard InChI is InChI=1S/C23H24F2N6O2/c1-15-18(19-12-26-14-22(30-19)31-5-7-33-8-6-31)10-17(11-28-15)29-13-20(32)16-3-4-27-21(9-16)23(2,24)25/h3-4,9-12,14,29H,5-8,13H2,1-2H3. The second-order valence-corrected chi connectivity index (χ2v) is 7.81. The molecule has 0 bridgehead atoms. The Morgan fingerprint density at radius 2 is 1.97 bits per heavy atom. The highest BCUT2D eigenvalue weighted by Crippen LogP contribution is 2.26. The summed E-state index contributed by atoms with van der Waals surface area (Å²) in [5, 5.41) is 3.02. The van der Waals surface area contributed by atoms with Crippen molar-refractivity contribution in [2.75, 3.05) is 43.1 Å². The van der Waals surface area contributed by atoms with Crippen molar-refractivity contribution >= 4 is 17.3 Å². The van der Waals surface area contributed by atoms with Gasteiger partial charge in [0, 0.05) is 43.0 Å². The van der Waals surface area contributed by atoms with Crippen LogP contribution in [0.3, 0.4) is 0 Å². The SMILES string of the molecule is Cc1ncc(NCC(=O)c2ccnc(C(C)(F)F)c2)cc1-c1cncc(N2CCOCC2)n1. The van der Waals surface area contributed by atoms with E-state index in [1.807, 2.05) is 13.0 Å². The summed E-state index contributed by atoms with van der Waals surface area (Å²) in [7, 11) is 0. The van der Waals surface area contributed by atoms with Gasteiger partial charge in [-0.3, -0.25) is 19.7 Å². The fourth-order valence-corrected chi connectivity index (χ4v) is 3.45. The van der Waals surface area contributed by atoms with Crippen molar-refractivity contribution in [1.82, 2.24) is 19.9 Å². The van der Waals surface area contributed by atoms with E-state index in [0.717, 1.165) is 43.2 Å². The maximum atomic E-state index is 13.5. The predicted octanol–water partition coefficient (Wildman–Crippen LogP) is 3.49. The summed E-state index contributed by atoms with van der Waals surface area (Å²) in [4.78, 5) is 31.8. The third-order valence-corrected chi connectivity index (χ3v) is 5.30. The largest absolute Gasteiger partial charge is 0.378 e. The van der Waals surface area contributed by atoms with Crippen molar-refractivity contribution in [2.45, 2.75) is 19.8 Å². The van der Waals surface area contributed by atoms with Gasteiger partial charge >= 0.3 is 0 Å². The second kappa shape index (κ2) is 9.53. The average molecular weight is 454 g/mol. The number of alkyl halides is 2. The first-order valence-electron chi connectivity index (χ1n) is 10.5. The van der Waals surface area contributed by atoms with Crippen molar-refractivity contribution in [3.63, 3.8) is 0 Å². The number of halogens is 2. The highest BCUT2D eigenvalue weighted by molar-refractivity contribution is 5.99. The number of rotatable bonds is 7. The Balaban J connectivity index is 1.50. The number of hydrogen-bond acceptors (Lipinski definition) is 8. The van der Waals surface area contributed by atoms with Crippen LogP contribution in [-0.4, -0.2) is 58.6 Å². The van der Waals surface area contributed by atoms with Crippen LogP contribution in [0.4, 0.5) is 20.3 Å². The monoisotopic (exact) mass is 454 g/mol. The van der Waals surface area contributed by atoms with Gasteiger partial charge in [-0.15, -0.1) is 0 Å². The molecule has 33 heavy (non-hydrogen) atoms. The lowest BCUT2D eigenvalue weighted by molar-refractivity contribution is 0.0127.